The second-order valence-electron chi connectivity index (χ2n) is 3.70. The molecule has 2 aromatic heterocycles. The van der Waals surface area contributed by atoms with Crippen LogP contribution < -0.4 is 0 Å². The molecule has 90 valence electrons. The molecule has 0 saturated heterocycles. The number of thiophene rings is 1. The number of halogens is 1. The third-order valence-electron chi connectivity index (χ3n) is 2.35. The largest absolute Gasteiger partial charge is 0.433 e. The Morgan fingerprint density at radius 2 is 2.18 bits per heavy atom. The normalized spacial score (nSPS) is 12.6. The number of hydrogen-bond donors (Lipinski definition) is 0. The first-order valence-corrected chi connectivity index (χ1v) is 6.19. The van der Waals surface area contributed by atoms with Crippen LogP contribution in [0.15, 0.2) is 22.6 Å². The van der Waals surface area contributed by atoms with Crippen molar-refractivity contribution in [1.29, 1.82) is 0 Å². The van der Waals surface area contributed by atoms with Gasteiger partial charge in [0.1, 0.15) is 16.1 Å². The lowest BCUT2D eigenvalue weighted by Gasteiger charge is -2.04. The molecule has 1 atom stereocenters. The summed E-state index contributed by atoms with van der Waals surface area (Å²) in [7, 11) is 0. The smallest absolute Gasteiger partial charge is 0.404 e. The van der Waals surface area contributed by atoms with Gasteiger partial charge in [-0.15, -0.1) is 22.9 Å². The van der Waals surface area contributed by atoms with Crippen molar-refractivity contribution < 1.29 is 9.34 Å². The second-order valence-corrected chi connectivity index (χ2v) is 5.42. The van der Waals surface area contributed by atoms with E-state index in [-0.39, 0.29) is 5.88 Å². The van der Waals surface area contributed by atoms with E-state index < -0.39 is 10.3 Å². The molecule has 0 aliphatic rings. The first kappa shape index (κ1) is 12.1. The molecular weight excluding hydrogens is 262 g/mol. The summed E-state index contributed by atoms with van der Waals surface area (Å²) in [6, 6.07) is 4.90. The number of alkyl halides is 1. The lowest BCUT2D eigenvalue weighted by Crippen LogP contribution is -1.90. The fourth-order valence-electron chi connectivity index (χ4n) is 1.62. The van der Waals surface area contributed by atoms with Crippen LogP contribution in [0.25, 0.3) is 0 Å². The minimum absolute atomic E-state index is 0.281. The van der Waals surface area contributed by atoms with Crippen LogP contribution in [0.1, 0.15) is 26.5 Å². The average Bonchev–Trinajstić information content (AvgIpc) is 2.84. The number of nitrogens with zero attached hydrogens (tertiary/aromatic N) is 1. The molecule has 2 heterocycles. The molecule has 2 aromatic rings. The van der Waals surface area contributed by atoms with Crippen molar-refractivity contribution in [3.8, 4) is 0 Å². The van der Waals surface area contributed by atoms with E-state index in [0.29, 0.717) is 5.76 Å². The molecular formula is C11H10ClNO3S. The Kier molecular flexibility index (Phi) is 3.22. The van der Waals surface area contributed by atoms with Gasteiger partial charge in [-0.3, -0.25) is 10.1 Å². The van der Waals surface area contributed by atoms with Gasteiger partial charge in [-0.05, 0) is 31.5 Å². The summed E-state index contributed by atoms with van der Waals surface area (Å²) in [5, 5.41) is 10.0. The third-order valence-corrected chi connectivity index (χ3v) is 4.13. The summed E-state index contributed by atoms with van der Waals surface area (Å²) in [6.07, 6.45) is 0. The predicted molar refractivity (Wildman–Crippen MR) is 66.9 cm³/mol. The van der Waals surface area contributed by atoms with Gasteiger partial charge in [0.25, 0.3) is 0 Å². The van der Waals surface area contributed by atoms with E-state index in [1.54, 1.807) is 17.4 Å². The molecule has 0 spiro atoms. The molecule has 0 aromatic carbocycles. The molecule has 0 aliphatic carbocycles. The minimum atomic E-state index is -0.570. The zero-order valence-electron chi connectivity index (χ0n) is 9.27. The number of furan rings is 1. The first-order chi connectivity index (χ1) is 7.99. The van der Waals surface area contributed by atoms with Crippen molar-refractivity contribution in [3.05, 3.63) is 49.4 Å². The topological polar surface area (TPSA) is 56.3 Å². The number of nitro groups is 1. The SMILES string of the molecule is Cc1cc(C)c(C(Cl)c2ccc([N+](=O)[O-])o2)s1. The van der Waals surface area contributed by atoms with E-state index in [2.05, 4.69) is 0 Å². The lowest BCUT2D eigenvalue weighted by atomic mass is 10.2. The van der Waals surface area contributed by atoms with Gasteiger partial charge in [-0.1, -0.05) is 0 Å². The zero-order valence-corrected chi connectivity index (χ0v) is 10.8. The highest BCUT2D eigenvalue weighted by Gasteiger charge is 2.22. The van der Waals surface area contributed by atoms with Crippen LogP contribution in [0.4, 0.5) is 5.88 Å². The fourth-order valence-corrected chi connectivity index (χ4v) is 3.06. The Hall–Kier alpha value is -1.33. The van der Waals surface area contributed by atoms with Crippen LogP contribution >= 0.6 is 22.9 Å². The molecule has 4 nitrogen and oxygen atoms in total. The zero-order chi connectivity index (χ0) is 12.6. The van der Waals surface area contributed by atoms with E-state index in [4.69, 9.17) is 16.0 Å². The Bertz CT molecular complexity index is 561. The first-order valence-electron chi connectivity index (χ1n) is 4.94. The molecule has 17 heavy (non-hydrogen) atoms. The molecule has 0 amide bonds. The van der Waals surface area contributed by atoms with Gasteiger partial charge >= 0.3 is 5.88 Å². The van der Waals surface area contributed by atoms with Crippen LogP contribution in [0.2, 0.25) is 0 Å². The third kappa shape index (κ3) is 2.35. The monoisotopic (exact) mass is 271 g/mol. The number of aryl methyl sites for hydroxylation is 2. The van der Waals surface area contributed by atoms with Gasteiger partial charge < -0.3 is 4.42 Å². The van der Waals surface area contributed by atoms with E-state index in [1.807, 2.05) is 19.9 Å². The second kappa shape index (κ2) is 4.50. The molecule has 0 aliphatic heterocycles. The highest BCUT2D eigenvalue weighted by Crippen LogP contribution is 2.37. The molecule has 0 fully saturated rings. The Labute approximate surface area is 107 Å². The Morgan fingerprint density at radius 1 is 1.47 bits per heavy atom. The van der Waals surface area contributed by atoms with E-state index in [9.17, 15) is 10.1 Å². The molecule has 0 saturated carbocycles. The van der Waals surface area contributed by atoms with Crippen LogP contribution in [0, 0.1) is 24.0 Å². The highest BCUT2D eigenvalue weighted by molar-refractivity contribution is 7.12. The standard InChI is InChI=1S/C11H10ClNO3S/c1-6-5-7(2)17-11(6)10(12)8-3-4-9(16-8)13(14)15/h3-5,10H,1-2H3. The van der Waals surface area contributed by atoms with Crippen LogP contribution in [0.3, 0.4) is 0 Å². The lowest BCUT2D eigenvalue weighted by molar-refractivity contribution is -0.402. The average molecular weight is 272 g/mol. The van der Waals surface area contributed by atoms with Crippen molar-refractivity contribution in [2.45, 2.75) is 19.2 Å². The fraction of sp³-hybridized carbons (Fsp3) is 0.273. The summed E-state index contributed by atoms with van der Waals surface area (Å²) >= 11 is 7.84. The van der Waals surface area contributed by atoms with Gasteiger partial charge in [-0.2, -0.15) is 0 Å². The molecule has 0 radical (unpaired) electrons. The maximum atomic E-state index is 10.5. The molecule has 0 bridgehead atoms. The molecule has 6 heteroatoms. The quantitative estimate of drug-likeness (QED) is 0.478. The minimum Gasteiger partial charge on any atom is -0.404 e. The predicted octanol–water partition coefficient (Wildman–Crippen LogP) is 4.19. The maximum absolute atomic E-state index is 10.5. The van der Waals surface area contributed by atoms with Crippen LogP contribution in [0.5, 0.6) is 0 Å². The van der Waals surface area contributed by atoms with E-state index in [0.717, 1.165) is 15.3 Å². The highest BCUT2D eigenvalue weighted by atomic mass is 35.5. The van der Waals surface area contributed by atoms with E-state index >= 15 is 0 Å². The summed E-state index contributed by atoms with van der Waals surface area (Å²) in [5.41, 5.74) is 1.08. The summed E-state index contributed by atoms with van der Waals surface area (Å²) in [5.74, 6) is 0.125. The van der Waals surface area contributed by atoms with Crippen molar-refractivity contribution in [3.63, 3.8) is 0 Å². The van der Waals surface area contributed by atoms with Gasteiger partial charge in [0.05, 0.1) is 6.07 Å². The Balaban J connectivity index is 2.33. The summed E-state index contributed by atoms with van der Waals surface area (Å²) in [6.45, 7) is 3.96. The van der Waals surface area contributed by atoms with E-state index in [1.165, 1.54) is 6.07 Å². The Morgan fingerprint density at radius 3 is 2.65 bits per heavy atom. The van der Waals surface area contributed by atoms with Crippen LogP contribution in [-0.4, -0.2) is 4.92 Å². The van der Waals surface area contributed by atoms with Gasteiger partial charge in [0, 0.05) is 9.75 Å². The van der Waals surface area contributed by atoms with Crippen molar-refractivity contribution in [2.75, 3.05) is 0 Å². The summed E-state index contributed by atoms with van der Waals surface area (Å²) < 4.78 is 5.10. The van der Waals surface area contributed by atoms with Gasteiger partial charge in [-0.25, -0.2) is 0 Å². The molecule has 2 rings (SSSR count). The van der Waals surface area contributed by atoms with Crippen LogP contribution in [-0.2, 0) is 0 Å². The van der Waals surface area contributed by atoms with Crippen molar-refractivity contribution in [1.82, 2.24) is 0 Å². The van der Waals surface area contributed by atoms with Crippen molar-refractivity contribution in [2.24, 2.45) is 0 Å². The number of hydrogen-bond acceptors (Lipinski definition) is 4. The maximum Gasteiger partial charge on any atom is 0.433 e. The summed E-state index contributed by atoms with van der Waals surface area (Å²) in [4.78, 5) is 12.1. The number of rotatable bonds is 3. The molecule has 0 N–H and O–H groups in total. The van der Waals surface area contributed by atoms with Gasteiger partial charge in [0.15, 0.2) is 0 Å². The van der Waals surface area contributed by atoms with Gasteiger partial charge in [0.2, 0.25) is 0 Å². The molecule has 1 unspecified atom stereocenters. The van der Waals surface area contributed by atoms with Crippen molar-refractivity contribution >= 4 is 28.8 Å².